The second-order valence-electron chi connectivity index (χ2n) is 4.73. The molecular weight excluding hydrogens is 198 g/mol. The van der Waals surface area contributed by atoms with Crippen molar-refractivity contribution in [3.63, 3.8) is 0 Å². The van der Waals surface area contributed by atoms with Crippen LogP contribution in [0.15, 0.2) is 16.5 Å². The van der Waals surface area contributed by atoms with Crippen molar-refractivity contribution in [1.82, 2.24) is 5.32 Å². The van der Waals surface area contributed by atoms with Crippen molar-refractivity contribution in [2.75, 3.05) is 0 Å². The quantitative estimate of drug-likeness (QED) is 0.701. The zero-order valence-corrected chi connectivity index (χ0v) is 11.0. The monoisotopic (exact) mass is 223 g/mol. The highest BCUT2D eigenvalue weighted by Crippen LogP contribution is 2.17. The molecule has 0 bridgehead atoms. The molecule has 0 spiro atoms. The average Bonchev–Trinajstić information content (AvgIpc) is 2.65. The molecule has 1 N–H and O–H groups in total. The summed E-state index contributed by atoms with van der Waals surface area (Å²) in [4.78, 5) is 0. The average molecular weight is 223 g/mol. The Hall–Kier alpha value is -0.760. The fraction of sp³-hybridized carbons (Fsp3) is 0.714. The number of aryl methyl sites for hydroxylation is 1. The molecule has 1 aromatic heterocycles. The molecule has 0 saturated carbocycles. The summed E-state index contributed by atoms with van der Waals surface area (Å²) in [5.41, 5.74) is 0. The van der Waals surface area contributed by atoms with Gasteiger partial charge in [0.1, 0.15) is 11.5 Å². The molecule has 2 atom stereocenters. The van der Waals surface area contributed by atoms with E-state index in [1.165, 1.54) is 25.7 Å². The van der Waals surface area contributed by atoms with Crippen molar-refractivity contribution < 1.29 is 4.42 Å². The van der Waals surface area contributed by atoms with E-state index in [1.807, 2.05) is 13.0 Å². The van der Waals surface area contributed by atoms with Crippen LogP contribution in [0, 0.1) is 6.92 Å². The summed E-state index contributed by atoms with van der Waals surface area (Å²) in [6.45, 7) is 8.64. The molecule has 16 heavy (non-hydrogen) atoms. The molecule has 0 fully saturated rings. The number of furan rings is 1. The van der Waals surface area contributed by atoms with Gasteiger partial charge >= 0.3 is 0 Å². The van der Waals surface area contributed by atoms with Gasteiger partial charge in [-0.05, 0) is 39.3 Å². The van der Waals surface area contributed by atoms with Crippen LogP contribution in [0.1, 0.15) is 64.0 Å². The Balaban J connectivity index is 2.30. The van der Waals surface area contributed by atoms with Crippen molar-refractivity contribution in [1.29, 1.82) is 0 Å². The van der Waals surface area contributed by atoms with E-state index in [4.69, 9.17) is 4.42 Å². The minimum atomic E-state index is 0.310. The lowest BCUT2D eigenvalue weighted by atomic mass is 10.1. The van der Waals surface area contributed by atoms with Gasteiger partial charge in [-0.3, -0.25) is 0 Å². The Morgan fingerprint density at radius 2 is 2.00 bits per heavy atom. The van der Waals surface area contributed by atoms with Crippen molar-refractivity contribution in [3.8, 4) is 0 Å². The molecule has 0 saturated heterocycles. The molecule has 0 amide bonds. The van der Waals surface area contributed by atoms with Gasteiger partial charge in [-0.2, -0.15) is 0 Å². The lowest BCUT2D eigenvalue weighted by molar-refractivity contribution is 0.375. The predicted molar refractivity (Wildman–Crippen MR) is 68.6 cm³/mol. The fourth-order valence-electron chi connectivity index (χ4n) is 1.98. The molecule has 2 heteroatoms. The van der Waals surface area contributed by atoms with Gasteiger partial charge in [0.15, 0.2) is 0 Å². The summed E-state index contributed by atoms with van der Waals surface area (Å²) in [5, 5.41) is 3.57. The fourth-order valence-corrected chi connectivity index (χ4v) is 1.98. The molecule has 92 valence electrons. The Morgan fingerprint density at radius 3 is 2.56 bits per heavy atom. The van der Waals surface area contributed by atoms with Crippen molar-refractivity contribution in [3.05, 3.63) is 23.7 Å². The Kier molecular flexibility index (Phi) is 5.61. The van der Waals surface area contributed by atoms with E-state index in [9.17, 15) is 0 Å². The standard InChI is InChI=1S/C14H25NO/c1-5-6-7-8-11(2)15-13(4)14-10-9-12(3)16-14/h9-11,13,15H,5-8H2,1-4H3. The van der Waals surface area contributed by atoms with Crippen molar-refractivity contribution in [2.45, 2.75) is 65.5 Å². The highest BCUT2D eigenvalue weighted by Gasteiger charge is 2.11. The second-order valence-corrected chi connectivity index (χ2v) is 4.73. The highest BCUT2D eigenvalue weighted by atomic mass is 16.3. The number of unbranched alkanes of at least 4 members (excludes halogenated alkanes) is 2. The van der Waals surface area contributed by atoms with E-state index in [1.54, 1.807) is 0 Å². The SMILES string of the molecule is CCCCCC(C)NC(C)c1ccc(C)o1. The first-order chi connectivity index (χ1) is 7.63. The van der Waals surface area contributed by atoms with Crippen LogP contribution in [0.3, 0.4) is 0 Å². The smallest absolute Gasteiger partial charge is 0.120 e. The number of hydrogen-bond acceptors (Lipinski definition) is 2. The molecule has 0 aromatic carbocycles. The summed E-state index contributed by atoms with van der Waals surface area (Å²) in [6, 6.07) is 4.96. The zero-order chi connectivity index (χ0) is 12.0. The van der Waals surface area contributed by atoms with Gasteiger partial charge in [0.05, 0.1) is 6.04 Å². The van der Waals surface area contributed by atoms with Gasteiger partial charge in [0, 0.05) is 6.04 Å². The third-order valence-electron chi connectivity index (χ3n) is 2.96. The third kappa shape index (κ3) is 4.40. The van der Waals surface area contributed by atoms with Crippen LogP contribution in [-0.2, 0) is 0 Å². The van der Waals surface area contributed by atoms with E-state index in [0.29, 0.717) is 12.1 Å². The van der Waals surface area contributed by atoms with Gasteiger partial charge in [-0.1, -0.05) is 26.2 Å². The van der Waals surface area contributed by atoms with E-state index < -0.39 is 0 Å². The van der Waals surface area contributed by atoms with E-state index in [-0.39, 0.29) is 0 Å². The number of hydrogen-bond donors (Lipinski definition) is 1. The summed E-state index contributed by atoms with van der Waals surface area (Å²) in [5.74, 6) is 2.03. The maximum atomic E-state index is 5.61. The molecule has 1 heterocycles. The first-order valence-electron chi connectivity index (χ1n) is 6.46. The molecule has 0 radical (unpaired) electrons. The molecule has 0 aliphatic carbocycles. The van der Waals surface area contributed by atoms with Crippen LogP contribution in [0.25, 0.3) is 0 Å². The Labute approximate surface area is 99.4 Å². The molecule has 1 rings (SSSR count). The minimum absolute atomic E-state index is 0.310. The summed E-state index contributed by atoms with van der Waals surface area (Å²) in [7, 11) is 0. The first kappa shape index (κ1) is 13.3. The number of nitrogens with one attached hydrogen (secondary N) is 1. The molecule has 0 aliphatic heterocycles. The van der Waals surface area contributed by atoms with E-state index in [0.717, 1.165) is 11.5 Å². The maximum absolute atomic E-state index is 5.61. The largest absolute Gasteiger partial charge is 0.465 e. The molecule has 2 unspecified atom stereocenters. The number of rotatable bonds is 7. The topological polar surface area (TPSA) is 25.2 Å². The molecule has 2 nitrogen and oxygen atoms in total. The molecule has 1 aromatic rings. The van der Waals surface area contributed by atoms with Crippen LogP contribution >= 0.6 is 0 Å². The maximum Gasteiger partial charge on any atom is 0.120 e. The minimum Gasteiger partial charge on any atom is -0.465 e. The van der Waals surface area contributed by atoms with E-state index >= 15 is 0 Å². The van der Waals surface area contributed by atoms with Crippen LogP contribution in [-0.4, -0.2) is 6.04 Å². The normalized spacial score (nSPS) is 15.0. The molecular formula is C14H25NO. The van der Waals surface area contributed by atoms with Gasteiger partial charge in [-0.25, -0.2) is 0 Å². The zero-order valence-electron chi connectivity index (χ0n) is 11.0. The predicted octanol–water partition coefficient (Wildman–Crippen LogP) is 4.21. The summed E-state index contributed by atoms with van der Waals surface area (Å²) in [6.07, 6.45) is 5.19. The summed E-state index contributed by atoms with van der Waals surface area (Å²) >= 11 is 0. The Morgan fingerprint density at radius 1 is 1.25 bits per heavy atom. The van der Waals surface area contributed by atoms with Crippen LogP contribution < -0.4 is 5.32 Å². The highest BCUT2D eigenvalue weighted by molar-refractivity contribution is 5.08. The van der Waals surface area contributed by atoms with E-state index in [2.05, 4.69) is 32.2 Å². The van der Waals surface area contributed by atoms with Gasteiger partial charge in [0.25, 0.3) is 0 Å². The lowest BCUT2D eigenvalue weighted by Gasteiger charge is -2.18. The second kappa shape index (κ2) is 6.74. The Bertz CT molecular complexity index is 293. The van der Waals surface area contributed by atoms with Gasteiger partial charge in [-0.15, -0.1) is 0 Å². The van der Waals surface area contributed by atoms with Crippen LogP contribution in [0.2, 0.25) is 0 Å². The summed E-state index contributed by atoms with van der Waals surface area (Å²) < 4.78 is 5.61. The van der Waals surface area contributed by atoms with Crippen molar-refractivity contribution in [2.24, 2.45) is 0 Å². The molecule has 0 aliphatic rings. The van der Waals surface area contributed by atoms with Crippen LogP contribution in [0.4, 0.5) is 0 Å². The lowest BCUT2D eigenvalue weighted by Crippen LogP contribution is -2.28. The van der Waals surface area contributed by atoms with Crippen LogP contribution in [0.5, 0.6) is 0 Å². The van der Waals surface area contributed by atoms with Crippen molar-refractivity contribution >= 4 is 0 Å². The van der Waals surface area contributed by atoms with Gasteiger partial charge < -0.3 is 9.73 Å². The third-order valence-corrected chi connectivity index (χ3v) is 2.96. The first-order valence-corrected chi connectivity index (χ1v) is 6.46. The van der Waals surface area contributed by atoms with Gasteiger partial charge in [0.2, 0.25) is 0 Å².